The Morgan fingerprint density at radius 2 is 2.10 bits per heavy atom. The Hall–Kier alpha value is -1.08. The zero-order chi connectivity index (χ0) is 15.2. The molecule has 1 unspecified atom stereocenters. The maximum atomic E-state index is 12.2. The predicted octanol–water partition coefficient (Wildman–Crippen LogP) is 2.70. The van der Waals surface area contributed by atoms with E-state index < -0.39 is 5.54 Å². The molecule has 4 nitrogen and oxygen atoms in total. The van der Waals surface area contributed by atoms with E-state index in [0.717, 1.165) is 25.8 Å². The lowest BCUT2D eigenvalue weighted by atomic mass is 9.98. The van der Waals surface area contributed by atoms with Crippen LogP contribution in [-0.2, 0) is 4.79 Å². The Morgan fingerprint density at radius 3 is 2.55 bits per heavy atom. The van der Waals surface area contributed by atoms with Crippen molar-refractivity contribution in [2.24, 2.45) is 5.92 Å². The van der Waals surface area contributed by atoms with Gasteiger partial charge in [-0.3, -0.25) is 9.69 Å². The normalized spacial score (nSPS) is 17.9. The molecule has 1 aliphatic rings. The lowest BCUT2D eigenvalue weighted by Crippen LogP contribution is -2.51. The molecule has 1 atom stereocenters. The van der Waals surface area contributed by atoms with Gasteiger partial charge in [0.15, 0.2) is 0 Å². The number of nitrogens with zero attached hydrogens (tertiary/aromatic N) is 2. The maximum absolute atomic E-state index is 12.2. The average Bonchev–Trinajstić information content (AvgIpc) is 3.22. The molecular formula is C16H29N3O. The Morgan fingerprint density at radius 1 is 1.45 bits per heavy atom. The summed E-state index contributed by atoms with van der Waals surface area (Å²) in [6, 6.07) is 2.63. The molecule has 0 aliphatic heterocycles. The molecule has 0 heterocycles. The molecule has 1 N–H and O–H groups in total. The third-order valence-electron chi connectivity index (χ3n) is 4.15. The van der Waals surface area contributed by atoms with Crippen LogP contribution in [0.3, 0.4) is 0 Å². The number of hydrogen-bond donors (Lipinski definition) is 1. The first-order valence-electron chi connectivity index (χ1n) is 7.89. The van der Waals surface area contributed by atoms with E-state index >= 15 is 0 Å². The van der Waals surface area contributed by atoms with E-state index in [9.17, 15) is 10.1 Å². The first-order valence-corrected chi connectivity index (χ1v) is 7.89. The van der Waals surface area contributed by atoms with Crippen LogP contribution in [0.25, 0.3) is 0 Å². The molecule has 0 aromatic carbocycles. The highest BCUT2D eigenvalue weighted by Crippen LogP contribution is 2.39. The van der Waals surface area contributed by atoms with Crippen LogP contribution in [0.1, 0.15) is 59.8 Å². The van der Waals surface area contributed by atoms with Gasteiger partial charge in [0.25, 0.3) is 0 Å². The lowest BCUT2D eigenvalue weighted by molar-refractivity contribution is -0.124. The van der Waals surface area contributed by atoms with Crippen LogP contribution in [0.15, 0.2) is 0 Å². The Labute approximate surface area is 123 Å². The van der Waals surface area contributed by atoms with Gasteiger partial charge >= 0.3 is 0 Å². The maximum Gasteiger partial charge on any atom is 0.235 e. The first kappa shape index (κ1) is 17.0. The summed E-state index contributed by atoms with van der Waals surface area (Å²) in [5, 5.41) is 12.2. The zero-order valence-electron chi connectivity index (χ0n) is 13.4. The fourth-order valence-electron chi connectivity index (χ4n) is 2.48. The van der Waals surface area contributed by atoms with E-state index in [1.54, 1.807) is 0 Å². The molecule has 0 aromatic heterocycles. The van der Waals surface area contributed by atoms with Gasteiger partial charge < -0.3 is 5.32 Å². The molecule has 114 valence electrons. The highest BCUT2D eigenvalue weighted by molar-refractivity contribution is 5.79. The predicted molar refractivity (Wildman–Crippen MR) is 81.1 cm³/mol. The van der Waals surface area contributed by atoms with Gasteiger partial charge in [0.1, 0.15) is 5.54 Å². The first-order chi connectivity index (χ1) is 9.42. The van der Waals surface area contributed by atoms with Gasteiger partial charge in [0, 0.05) is 6.04 Å². The lowest BCUT2D eigenvalue weighted by Gasteiger charge is -2.29. The Kier molecular flexibility index (Phi) is 6.48. The topological polar surface area (TPSA) is 56.1 Å². The van der Waals surface area contributed by atoms with Crippen molar-refractivity contribution < 1.29 is 4.79 Å². The van der Waals surface area contributed by atoms with Crippen LogP contribution in [0.2, 0.25) is 0 Å². The summed E-state index contributed by atoms with van der Waals surface area (Å²) in [5.74, 6) is 0.315. The molecule has 20 heavy (non-hydrogen) atoms. The smallest absolute Gasteiger partial charge is 0.235 e. The van der Waals surface area contributed by atoms with Crippen LogP contribution in [0.4, 0.5) is 0 Å². The zero-order valence-corrected chi connectivity index (χ0v) is 13.4. The molecule has 1 rings (SSSR count). The highest BCUT2D eigenvalue weighted by Gasteiger charge is 2.43. The second-order valence-corrected chi connectivity index (χ2v) is 6.41. The third kappa shape index (κ3) is 5.13. The fourth-order valence-corrected chi connectivity index (χ4v) is 2.48. The van der Waals surface area contributed by atoms with Gasteiger partial charge in [-0.1, -0.05) is 19.8 Å². The minimum Gasteiger partial charge on any atom is -0.337 e. The highest BCUT2D eigenvalue weighted by atomic mass is 16.2. The summed E-state index contributed by atoms with van der Waals surface area (Å²) in [5.41, 5.74) is -0.677. The van der Waals surface area contributed by atoms with Crippen molar-refractivity contribution in [2.45, 2.75) is 71.4 Å². The molecular weight excluding hydrogens is 250 g/mol. The van der Waals surface area contributed by atoms with Crippen molar-refractivity contribution in [3.63, 3.8) is 0 Å². The Balaban J connectivity index is 2.47. The van der Waals surface area contributed by atoms with Crippen molar-refractivity contribution in [3.8, 4) is 6.07 Å². The number of rotatable bonds is 9. The van der Waals surface area contributed by atoms with Gasteiger partial charge in [-0.05, 0) is 52.5 Å². The number of carbonyl (C=O) groups is 1. The number of unbranched alkanes of at least 4 members (excludes halogenated alkanes) is 2. The number of amides is 1. The van der Waals surface area contributed by atoms with E-state index in [1.807, 2.05) is 6.92 Å². The van der Waals surface area contributed by atoms with Gasteiger partial charge in [-0.15, -0.1) is 0 Å². The molecule has 0 spiro atoms. The van der Waals surface area contributed by atoms with Gasteiger partial charge in [-0.2, -0.15) is 5.26 Å². The quantitative estimate of drug-likeness (QED) is 0.660. The number of carbonyl (C=O) groups excluding carboxylic acids is 1. The molecule has 1 amide bonds. The molecule has 0 aromatic rings. The van der Waals surface area contributed by atoms with E-state index in [2.05, 4.69) is 37.1 Å². The molecule has 1 fully saturated rings. The van der Waals surface area contributed by atoms with E-state index in [-0.39, 0.29) is 5.91 Å². The molecule has 0 radical (unpaired) electrons. The van der Waals surface area contributed by atoms with Crippen LogP contribution >= 0.6 is 0 Å². The van der Waals surface area contributed by atoms with Gasteiger partial charge in [0.05, 0.1) is 12.6 Å². The van der Waals surface area contributed by atoms with Crippen LogP contribution in [-0.4, -0.2) is 35.5 Å². The molecule has 4 heteroatoms. The van der Waals surface area contributed by atoms with E-state index in [0.29, 0.717) is 18.5 Å². The summed E-state index contributed by atoms with van der Waals surface area (Å²) in [6.07, 6.45) is 5.61. The number of nitrogens with one attached hydrogen (secondary N) is 1. The van der Waals surface area contributed by atoms with Gasteiger partial charge in [0.2, 0.25) is 5.91 Å². The van der Waals surface area contributed by atoms with Crippen LogP contribution in [0, 0.1) is 17.2 Å². The van der Waals surface area contributed by atoms with Crippen molar-refractivity contribution in [3.05, 3.63) is 0 Å². The minimum atomic E-state index is -0.677. The summed E-state index contributed by atoms with van der Waals surface area (Å²) in [4.78, 5) is 14.4. The summed E-state index contributed by atoms with van der Waals surface area (Å²) < 4.78 is 0. The van der Waals surface area contributed by atoms with Crippen molar-refractivity contribution in [1.82, 2.24) is 10.2 Å². The molecule has 1 aliphatic carbocycles. The minimum absolute atomic E-state index is 0.0221. The van der Waals surface area contributed by atoms with Crippen molar-refractivity contribution in [1.29, 1.82) is 5.26 Å². The second-order valence-electron chi connectivity index (χ2n) is 6.41. The third-order valence-corrected chi connectivity index (χ3v) is 4.15. The SMILES string of the molecule is CCCCCN(CC(=O)NC(C)(C#N)C1CC1)C(C)C. The summed E-state index contributed by atoms with van der Waals surface area (Å²) >= 11 is 0. The fraction of sp³-hybridized carbons (Fsp3) is 0.875. The standard InChI is InChI=1S/C16H29N3O/c1-5-6-7-10-19(13(2)3)11-15(20)18-16(4,12-17)14-8-9-14/h13-14H,5-11H2,1-4H3,(H,18,20). The summed E-state index contributed by atoms with van der Waals surface area (Å²) in [6.45, 7) is 9.60. The second kappa shape index (κ2) is 7.64. The number of nitriles is 1. The molecule has 1 saturated carbocycles. The van der Waals surface area contributed by atoms with Gasteiger partial charge in [-0.25, -0.2) is 0 Å². The van der Waals surface area contributed by atoms with Crippen molar-refractivity contribution in [2.75, 3.05) is 13.1 Å². The van der Waals surface area contributed by atoms with Crippen LogP contribution in [0.5, 0.6) is 0 Å². The molecule has 0 bridgehead atoms. The largest absolute Gasteiger partial charge is 0.337 e. The van der Waals surface area contributed by atoms with E-state index in [1.165, 1.54) is 12.8 Å². The molecule has 0 saturated heterocycles. The van der Waals surface area contributed by atoms with Crippen molar-refractivity contribution >= 4 is 5.91 Å². The Bertz CT molecular complexity index is 357. The monoisotopic (exact) mass is 279 g/mol. The van der Waals surface area contributed by atoms with Crippen LogP contribution < -0.4 is 5.32 Å². The number of hydrogen-bond acceptors (Lipinski definition) is 3. The van der Waals surface area contributed by atoms with E-state index in [4.69, 9.17) is 0 Å². The average molecular weight is 279 g/mol. The summed E-state index contributed by atoms with van der Waals surface area (Å²) in [7, 11) is 0.